The number of hydrogen-bond acceptors (Lipinski definition) is 6. The van der Waals surface area contributed by atoms with Gasteiger partial charge in [0.2, 0.25) is 5.91 Å². The summed E-state index contributed by atoms with van der Waals surface area (Å²) in [5.74, 6) is 0.199. The van der Waals surface area contributed by atoms with Gasteiger partial charge in [-0.15, -0.1) is 0 Å². The average Bonchev–Trinajstić information content (AvgIpc) is 2.99. The van der Waals surface area contributed by atoms with E-state index < -0.39 is 17.1 Å². The molecule has 0 bridgehead atoms. The lowest BCUT2D eigenvalue weighted by Gasteiger charge is -2.15. The topological polar surface area (TPSA) is 84.9 Å². The first-order valence-corrected chi connectivity index (χ1v) is 10.6. The van der Waals surface area contributed by atoms with Crippen molar-refractivity contribution in [2.24, 2.45) is 0 Å². The van der Waals surface area contributed by atoms with E-state index in [9.17, 15) is 14.4 Å². The molecule has 0 aromatic heterocycles. The van der Waals surface area contributed by atoms with Gasteiger partial charge in [0.15, 0.2) is 11.5 Å². The van der Waals surface area contributed by atoms with Gasteiger partial charge in [-0.1, -0.05) is 24.3 Å². The Hall–Kier alpha value is -3.26. The minimum absolute atomic E-state index is 0.246. The maximum absolute atomic E-state index is 12.7. The van der Waals surface area contributed by atoms with E-state index >= 15 is 0 Å². The molecule has 0 saturated carbocycles. The minimum atomic E-state index is -0.500. The zero-order chi connectivity index (χ0) is 22.5. The predicted molar refractivity (Wildman–Crippen MR) is 121 cm³/mol. The van der Waals surface area contributed by atoms with E-state index in [1.165, 1.54) is 7.11 Å². The lowest BCUT2D eigenvalue weighted by molar-refractivity contribution is -0.127. The number of ether oxygens (including phenoxy) is 2. The zero-order valence-electron chi connectivity index (χ0n) is 17.9. The summed E-state index contributed by atoms with van der Waals surface area (Å²) in [6, 6.07) is 10.9. The summed E-state index contributed by atoms with van der Waals surface area (Å²) in [4.78, 5) is 38.8. The molecular formula is C23H24N2O5S. The van der Waals surface area contributed by atoms with Crippen molar-refractivity contribution in [3.05, 3.63) is 58.0 Å². The Kier molecular flexibility index (Phi) is 7.02. The van der Waals surface area contributed by atoms with Crippen LogP contribution < -0.4 is 14.8 Å². The first-order chi connectivity index (χ1) is 14.8. The number of benzene rings is 2. The maximum atomic E-state index is 12.7. The highest BCUT2D eigenvalue weighted by Gasteiger charge is 2.36. The molecule has 2 aromatic carbocycles. The number of thioether (sulfide) groups is 1. The Morgan fingerprint density at radius 1 is 1.13 bits per heavy atom. The van der Waals surface area contributed by atoms with E-state index in [1.54, 1.807) is 24.3 Å². The summed E-state index contributed by atoms with van der Waals surface area (Å²) in [7, 11) is 1.53. The molecule has 1 aliphatic heterocycles. The highest BCUT2D eigenvalue weighted by Crippen LogP contribution is 2.34. The van der Waals surface area contributed by atoms with Gasteiger partial charge in [0, 0.05) is 5.69 Å². The van der Waals surface area contributed by atoms with E-state index in [-0.39, 0.29) is 11.4 Å². The van der Waals surface area contributed by atoms with Crippen LogP contribution in [-0.4, -0.2) is 42.2 Å². The van der Waals surface area contributed by atoms with Crippen molar-refractivity contribution < 1.29 is 23.9 Å². The van der Waals surface area contributed by atoms with Gasteiger partial charge in [-0.05, 0) is 67.4 Å². The van der Waals surface area contributed by atoms with Gasteiger partial charge in [-0.2, -0.15) is 0 Å². The zero-order valence-corrected chi connectivity index (χ0v) is 18.7. The number of rotatable bonds is 7. The molecule has 0 aliphatic carbocycles. The number of nitrogens with zero attached hydrogens (tertiary/aromatic N) is 1. The summed E-state index contributed by atoms with van der Waals surface area (Å²) < 4.78 is 10.8. The van der Waals surface area contributed by atoms with Gasteiger partial charge in [-0.3, -0.25) is 19.3 Å². The highest BCUT2D eigenvalue weighted by atomic mass is 32.2. The van der Waals surface area contributed by atoms with Crippen LogP contribution in [0.25, 0.3) is 6.08 Å². The number of imide groups is 1. The molecule has 1 fully saturated rings. The number of carbonyl (C=O) groups is 3. The monoisotopic (exact) mass is 440 g/mol. The molecule has 3 rings (SSSR count). The number of carbonyl (C=O) groups excluding carboxylic acids is 3. The van der Waals surface area contributed by atoms with Gasteiger partial charge in [-0.25, -0.2) is 0 Å². The van der Waals surface area contributed by atoms with Crippen molar-refractivity contribution in [3.63, 3.8) is 0 Å². The molecule has 31 heavy (non-hydrogen) atoms. The average molecular weight is 441 g/mol. The van der Waals surface area contributed by atoms with Gasteiger partial charge in [0.1, 0.15) is 6.54 Å². The van der Waals surface area contributed by atoms with Crippen LogP contribution in [0, 0.1) is 13.8 Å². The van der Waals surface area contributed by atoms with Gasteiger partial charge in [0.05, 0.1) is 18.6 Å². The summed E-state index contributed by atoms with van der Waals surface area (Å²) in [5.41, 5.74) is 3.20. The third-order valence-electron chi connectivity index (χ3n) is 4.71. The molecule has 0 radical (unpaired) electrons. The third kappa shape index (κ3) is 5.08. The summed E-state index contributed by atoms with van der Waals surface area (Å²) in [6.45, 7) is 5.80. The molecule has 1 saturated heterocycles. The first kappa shape index (κ1) is 22.4. The van der Waals surface area contributed by atoms with Crippen LogP contribution in [-0.2, 0) is 9.59 Å². The second-order valence-corrected chi connectivity index (χ2v) is 7.92. The van der Waals surface area contributed by atoms with Crippen molar-refractivity contribution in [2.45, 2.75) is 20.8 Å². The number of anilines is 1. The number of methoxy groups -OCH3 is 1. The van der Waals surface area contributed by atoms with Crippen LogP contribution in [0.1, 0.15) is 23.6 Å². The summed E-state index contributed by atoms with van der Waals surface area (Å²) in [6.07, 6.45) is 1.60. The highest BCUT2D eigenvalue weighted by molar-refractivity contribution is 8.18. The fourth-order valence-electron chi connectivity index (χ4n) is 3.17. The number of amides is 3. The molecule has 0 atom stereocenters. The van der Waals surface area contributed by atoms with Crippen LogP contribution in [0.2, 0.25) is 0 Å². The second-order valence-electron chi connectivity index (χ2n) is 6.93. The second kappa shape index (κ2) is 9.70. The minimum Gasteiger partial charge on any atom is -0.493 e. The van der Waals surface area contributed by atoms with Crippen LogP contribution in [0.15, 0.2) is 41.3 Å². The van der Waals surface area contributed by atoms with Crippen LogP contribution in [0.4, 0.5) is 10.5 Å². The Morgan fingerprint density at radius 2 is 1.84 bits per heavy atom. The van der Waals surface area contributed by atoms with Gasteiger partial charge < -0.3 is 14.8 Å². The van der Waals surface area contributed by atoms with E-state index in [0.717, 1.165) is 27.8 Å². The lowest BCUT2D eigenvalue weighted by atomic mass is 10.1. The molecule has 2 aromatic rings. The number of nitrogens with one attached hydrogen (secondary N) is 1. The van der Waals surface area contributed by atoms with Gasteiger partial charge in [0.25, 0.3) is 11.1 Å². The molecule has 0 spiro atoms. The number of para-hydroxylation sites is 1. The molecule has 8 heteroatoms. The van der Waals surface area contributed by atoms with Crippen LogP contribution in [0.5, 0.6) is 11.5 Å². The van der Waals surface area contributed by atoms with Crippen molar-refractivity contribution in [1.82, 2.24) is 4.90 Å². The van der Waals surface area contributed by atoms with E-state index in [4.69, 9.17) is 9.47 Å². The lowest BCUT2D eigenvalue weighted by Crippen LogP contribution is -2.36. The number of hydrogen-bond donors (Lipinski definition) is 1. The van der Waals surface area contributed by atoms with Crippen molar-refractivity contribution in [2.75, 3.05) is 25.6 Å². The molecule has 162 valence electrons. The molecule has 1 N–H and O–H groups in total. The fraction of sp³-hybridized carbons (Fsp3) is 0.261. The Balaban J connectivity index is 1.74. The Morgan fingerprint density at radius 3 is 2.48 bits per heavy atom. The Labute approximate surface area is 185 Å². The smallest absolute Gasteiger partial charge is 0.294 e. The number of aryl methyl sites for hydroxylation is 2. The standard InChI is InChI=1S/C23H24N2O5S/c1-5-30-17-10-9-16(11-18(17)29-4)12-19-22(27)25(23(28)31-19)13-20(26)24-21-14(2)7-6-8-15(21)3/h6-12H,5,13H2,1-4H3,(H,24,26)/b19-12+. The van der Waals surface area contributed by atoms with Crippen LogP contribution >= 0.6 is 11.8 Å². The molecule has 0 unspecified atom stereocenters. The summed E-state index contributed by atoms with van der Waals surface area (Å²) in [5, 5.41) is 2.32. The first-order valence-electron chi connectivity index (χ1n) is 9.76. The largest absolute Gasteiger partial charge is 0.493 e. The normalized spacial score (nSPS) is 14.8. The van der Waals surface area contributed by atoms with E-state index in [1.807, 2.05) is 39.0 Å². The molecule has 1 heterocycles. The molecule has 7 nitrogen and oxygen atoms in total. The molecular weight excluding hydrogens is 416 g/mol. The summed E-state index contributed by atoms with van der Waals surface area (Å²) >= 11 is 0.806. The van der Waals surface area contributed by atoms with Crippen LogP contribution in [0.3, 0.4) is 0 Å². The van der Waals surface area contributed by atoms with E-state index in [0.29, 0.717) is 29.4 Å². The van der Waals surface area contributed by atoms with Gasteiger partial charge >= 0.3 is 0 Å². The maximum Gasteiger partial charge on any atom is 0.294 e. The van der Waals surface area contributed by atoms with Crippen molar-refractivity contribution in [3.8, 4) is 11.5 Å². The molecule has 3 amide bonds. The Bertz CT molecular complexity index is 1040. The quantitative estimate of drug-likeness (QED) is 0.643. The molecule has 1 aliphatic rings. The SMILES string of the molecule is CCOc1ccc(/C=C2/SC(=O)N(CC(=O)Nc3c(C)cccc3C)C2=O)cc1OC. The fourth-order valence-corrected chi connectivity index (χ4v) is 4.01. The van der Waals surface area contributed by atoms with Crippen molar-refractivity contribution in [1.29, 1.82) is 0 Å². The van der Waals surface area contributed by atoms with E-state index in [2.05, 4.69) is 5.32 Å². The van der Waals surface area contributed by atoms with Crippen molar-refractivity contribution >= 4 is 40.6 Å². The predicted octanol–water partition coefficient (Wildman–Crippen LogP) is 4.39. The third-order valence-corrected chi connectivity index (χ3v) is 5.61.